The fourth-order valence-electron chi connectivity index (χ4n) is 5.16. The van der Waals surface area contributed by atoms with Gasteiger partial charge in [-0.1, -0.05) is 0 Å². The Hall–Kier alpha value is -3.77. The highest BCUT2D eigenvalue weighted by Gasteiger charge is 2.31. The van der Waals surface area contributed by atoms with E-state index in [4.69, 9.17) is 14.7 Å². The summed E-state index contributed by atoms with van der Waals surface area (Å²) in [7, 11) is -1.73. The lowest BCUT2D eigenvalue weighted by atomic mass is 10.1. The number of nitrogens with zero attached hydrogens (tertiary/aromatic N) is 5. The Bertz CT molecular complexity index is 1730. The van der Waals surface area contributed by atoms with Gasteiger partial charge in [-0.2, -0.15) is 0 Å². The molecule has 4 heterocycles. The van der Waals surface area contributed by atoms with Gasteiger partial charge in [0.1, 0.15) is 29.2 Å². The lowest BCUT2D eigenvalue weighted by Crippen LogP contribution is -2.20. The molecule has 1 amide bonds. The van der Waals surface area contributed by atoms with Gasteiger partial charge in [0, 0.05) is 49.3 Å². The molecule has 1 unspecified atom stereocenters. The van der Waals surface area contributed by atoms with Gasteiger partial charge in [-0.3, -0.25) is 9.36 Å². The molecule has 2 N–H and O–H groups in total. The maximum absolute atomic E-state index is 13.0. The third-order valence-corrected chi connectivity index (χ3v) is 8.73. The zero-order valence-electron chi connectivity index (χ0n) is 23.1. The molecular weight excluding hydrogens is 530 g/mol. The largest absolute Gasteiger partial charge is 0.358 e. The number of anilines is 3. The first-order valence-corrected chi connectivity index (χ1v) is 15.4. The summed E-state index contributed by atoms with van der Waals surface area (Å²) >= 11 is 0. The Labute approximate surface area is 232 Å². The molecule has 2 fully saturated rings. The van der Waals surface area contributed by atoms with Crippen LogP contribution in [0.25, 0.3) is 22.6 Å². The summed E-state index contributed by atoms with van der Waals surface area (Å²) in [6.07, 6.45) is 7.34. The van der Waals surface area contributed by atoms with Gasteiger partial charge >= 0.3 is 0 Å². The second kappa shape index (κ2) is 10.0. The van der Waals surface area contributed by atoms with Crippen LogP contribution in [0.3, 0.4) is 0 Å². The highest BCUT2D eigenvalue weighted by molar-refractivity contribution is 7.90. The zero-order valence-corrected chi connectivity index (χ0v) is 23.9. The Balaban J connectivity index is 1.47. The molecule has 3 aromatic heterocycles. The van der Waals surface area contributed by atoms with Crippen molar-refractivity contribution in [1.29, 1.82) is 0 Å². The number of carbonyl (C=O) groups excluding carboxylic acids is 1. The van der Waals surface area contributed by atoms with E-state index < -0.39 is 9.84 Å². The predicted octanol–water partition coefficient (Wildman–Crippen LogP) is 4.64. The van der Waals surface area contributed by atoms with E-state index in [1.165, 1.54) is 6.26 Å². The van der Waals surface area contributed by atoms with Gasteiger partial charge in [0.25, 0.3) is 0 Å². The van der Waals surface area contributed by atoms with Crippen molar-refractivity contribution in [2.45, 2.75) is 57.1 Å². The van der Waals surface area contributed by atoms with Gasteiger partial charge in [-0.15, -0.1) is 0 Å². The van der Waals surface area contributed by atoms with E-state index >= 15 is 0 Å². The number of carbonyl (C=O) groups is 1. The van der Waals surface area contributed by atoms with Crippen LogP contribution in [-0.2, 0) is 26.4 Å². The SMILES string of the molecule is Cc1cnc(-c2ccc(Nc3cc(NC(=O)C4CC4)nc4c3nc(C)n4C3CCCCO3)c(S(C)(=O)=O)c2)n1C. The van der Waals surface area contributed by atoms with Crippen molar-refractivity contribution in [2.24, 2.45) is 13.0 Å². The summed E-state index contributed by atoms with van der Waals surface area (Å²) < 4.78 is 35.9. The normalized spacial score (nSPS) is 17.8. The smallest absolute Gasteiger partial charge is 0.228 e. The van der Waals surface area contributed by atoms with Crippen molar-refractivity contribution in [2.75, 3.05) is 23.5 Å². The molecule has 0 spiro atoms. The molecule has 12 heteroatoms. The third-order valence-electron chi connectivity index (χ3n) is 7.60. The Kier molecular flexibility index (Phi) is 6.62. The minimum atomic E-state index is -3.63. The van der Waals surface area contributed by atoms with E-state index in [-0.39, 0.29) is 22.9 Å². The monoisotopic (exact) mass is 563 g/mol. The van der Waals surface area contributed by atoms with Crippen molar-refractivity contribution in [3.63, 3.8) is 0 Å². The number of fused-ring (bicyclic) bond motifs is 1. The number of aromatic nitrogens is 5. The molecule has 0 radical (unpaired) electrons. The summed E-state index contributed by atoms with van der Waals surface area (Å²) in [5.41, 5.74) is 3.73. The van der Waals surface area contributed by atoms with Crippen LogP contribution in [0.15, 0.2) is 35.4 Å². The van der Waals surface area contributed by atoms with Crippen molar-refractivity contribution in [3.8, 4) is 11.4 Å². The predicted molar refractivity (Wildman–Crippen MR) is 152 cm³/mol. The number of pyridine rings is 1. The van der Waals surface area contributed by atoms with E-state index in [9.17, 15) is 13.2 Å². The van der Waals surface area contributed by atoms with E-state index in [0.29, 0.717) is 46.4 Å². The van der Waals surface area contributed by atoms with E-state index in [0.717, 1.165) is 43.6 Å². The average molecular weight is 564 g/mol. The Morgan fingerprint density at radius 1 is 1.07 bits per heavy atom. The molecule has 1 aromatic carbocycles. The topological polar surface area (TPSA) is 133 Å². The highest BCUT2D eigenvalue weighted by atomic mass is 32.2. The molecule has 0 bridgehead atoms. The molecule has 4 aromatic rings. The van der Waals surface area contributed by atoms with Crippen LogP contribution in [0, 0.1) is 19.8 Å². The van der Waals surface area contributed by atoms with Crippen LogP contribution < -0.4 is 10.6 Å². The van der Waals surface area contributed by atoms with Crippen molar-refractivity contribution < 1.29 is 17.9 Å². The van der Waals surface area contributed by atoms with Crippen LogP contribution in [-0.4, -0.2) is 51.3 Å². The quantitative estimate of drug-likeness (QED) is 0.332. The standard InChI is InChI=1S/C28H33N7O4S/c1-16-15-29-26(34(16)3)19-10-11-20(22(13-19)40(4,37)38)31-21-14-23(33-28(36)18-8-9-18)32-27-25(21)30-17(2)35(27)24-7-5-6-12-39-24/h10-11,13-15,18,24H,5-9,12H2,1-4H3,(H2,31,32,33,36). The lowest BCUT2D eigenvalue weighted by Gasteiger charge is -2.25. The molecule has 2 aliphatic rings. The van der Waals surface area contributed by atoms with Crippen molar-refractivity contribution in [3.05, 3.63) is 42.0 Å². The van der Waals surface area contributed by atoms with Gasteiger partial charge in [-0.25, -0.2) is 23.4 Å². The second-order valence-corrected chi connectivity index (χ2v) is 12.7. The maximum atomic E-state index is 13.0. The molecule has 1 saturated carbocycles. The summed E-state index contributed by atoms with van der Waals surface area (Å²) in [6, 6.07) is 6.92. The first-order chi connectivity index (χ1) is 19.1. The van der Waals surface area contributed by atoms with Crippen LogP contribution in [0.1, 0.15) is 49.9 Å². The van der Waals surface area contributed by atoms with Crippen LogP contribution >= 0.6 is 0 Å². The second-order valence-electron chi connectivity index (χ2n) is 10.7. The molecule has 6 rings (SSSR count). The molecule has 1 atom stereocenters. The molecule has 40 heavy (non-hydrogen) atoms. The van der Waals surface area contributed by atoms with Crippen molar-refractivity contribution in [1.82, 2.24) is 24.1 Å². The molecule has 1 aliphatic heterocycles. The Morgan fingerprint density at radius 2 is 1.88 bits per heavy atom. The number of hydrogen-bond acceptors (Lipinski definition) is 8. The summed E-state index contributed by atoms with van der Waals surface area (Å²) in [4.78, 5) is 26.8. The van der Waals surface area contributed by atoms with Crippen LogP contribution in [0.2, 0.25) is 0 Å². The zero-order chi connectivity index (χ0) is 28.2. The number of imidazole rings is 2. The van der Waals surface area contributed by atoms with Gasteiger partial charge in [0.15, 0.2) is 15.5 Å². The van der Waals surface area contributed by atoms with Gasteiger partial charge < -0.3 is 19.9 Å². The van der Waals surface area contributed by atoms with Crippen LogP contribution in [0.4, 0.5) is 17.2 Å². The number of nitrogens with one attached hydrogen (secondary N) is 2. The Morgan fingerprint density at radius 3 is 2.52 bits per heavy atom. The first kappa shape index (κ1) is 26.5. The summed E-state index contributed by atoms with van der Waals surface area (Å²) in [5.74, 6) is 1.71. The molecular formula is C28H33N7O4S. The van der Waals surface area contributed by atoms with Gasteiger partial charge in [0.05, 0.1) is 16.3 Å². The number of ether oxygens (including phenoxy) is 1. The molecule has 1 saturated heterocycles. The molecule has 1 aliphatic carbocycles. The van der Waals surface area contributed by atoms with E-state index in [1.807, 2.05) is 36.1 Å². The number of hydrogen-bond donors (Lipinski definition) is 2. The molecule has 11 nitrogen and oxygen atoms in total. The first-order valence-electron chi connectivity index (χ1n) is 13.5. The van der Waals surface area contributed by atoms with Crippen molar-refractivity contribution >= 4 is 44.1 Å². The summed E-state index contributed by atoms with van der Waals surface area (Å²) in [6.45, 7) is 4.50. The van der Waals surface area contributed by atoms with E-state index in [2.05, 4.69) is 15.6 Å². The third kappa shape index (κ3) is 4.97. The number of benzene rings is 1. The minimum absolute atomic E-state index is 0.00127. The maximum Gasteiger partial charge on any atom is 0.228 e. The van der Waals surface area contributed by atoms with Gasteiger partial charge in [-0.05, 0) is 64.2 Å². The summed E-state index contributed by atoms with van der Waals surface area (Å²) in [5, 5.41) is 6.25. The fraction of sp³-hybridized carbons (Fsp3) is 0.429. The fourth-order valence-corrected chi connectivity index (χ4v) is 6.02. The number of sulfone groups is 1. The van der Waals surface area contributed by atoms with Crippen LogP contribution in [0.5, 0.6) is 0 Å². The lowest BCUT2D eigenvalue weighted by molar-refractivity contribution is -0.117. The van der Waals surface area contributed by atoms with Gasteiger partial charge in [0.2, 0.25) is 5.91 Å². The number of amides is 1. The number of rotatable bonds is 7. The highest BCUT2D eigenvalue weighted by Crippen LogP contribution is 2.37. The average Bonchev–Trinajstić information content (AvgIpc) is 3.65. The molecule has 210 valence electrons. The minimum Gasteiger partial charge on any atom is -0.358 e. The number of aryl methyl sites for hydroxylation is 2. The van der Waals surface area contributed by atoms with E-state index in [1.54, 1.807) is 24.4 Å².